The highest BCUT2D eigenvalue weighted by molar-refractivity contribution is 5.79. The maximum Gasteiger partial charge on any atom is 0.159 e. The zero-order valence-corrected chi connectivity index (χ0v) is 10.6. The van der Waals surface area contributed by atoms with Gasteiger partial charge in [-0.1, -0.05) is 18.2 Å². The summed E-state index contributed by atoms with van der Waals surface area (Å²) in [6.07, 6.45) is 1.72. The molecule has 2 nitrogen and oxygen atoms in total. The van der Waals surface area contributed by atoms with Crippen LogP contribution in [0.15, 0.2) is 54.7 Å². The van der Waals surface area contributed by atoms with Gasteiger partial charge in [-0.3, -0.25) is 4.98 Å². The van der Waals surface area contributed by atoms with Gasteiger partial charge in [0.05, 0.1) is 11.6 Å². The summed E-state index contributed by atoms with van der Waals surface area (Å²) >= 11 is 0. The smallest absolute Gasteiger partial charge is 0.159 e. The predicted molar refractivity (Wildman–Crippen MR) is 74.1 cm³/mol. The van der Waals surface area contributed by atoms with Crippen LogP contribution in [0.25, 0.3) is 10.9 Å². The maximum atomic E-state index is 13.3. The van der Waals surface area contributed by atoms with E-state index in [0.717, 1.165) is 28.6 Å². The summed E-state index contributed by atoms with van der Waals surface area (Å²) in [4.78, 5) is 4.23. The minimum Gasteiger partial charge on any atom is -0.320 e. The van der Waals surface area contributed by atoms with Crippen LogP contribution >= 0.6 is 0 Å². The standard InChI is InChI=1S/C16H12F2N2/c17-13-5-3-12(9-14(13)18)16(19)11-4-6-15-10(8-11)2-1-7-20-15/h1-9,16H,19H2. The van der Waals surface area contributed by atoms with Crippen LogP contribution in [0.1, 0.15) is 17.2 Å². The van der Waals surface area contributed by atoms with E-state index in [1.54, 1.807) is 6.20 Å². The molecule has 0 saturated heterocycles. The highest BCUT2D eigenvalue weighted by Gasteiger charge is 2.12. The molecule has 1 aromatic heterocycles. The molecule has 2 N–H and O–H groups in total. The van der Waals surface area contributed by atoms with Gasteiger partial charge in [0.15, 0.2) is 11.6 Å². The van der Waals surface area contributed by atoms with Crippen LogP contribution in [0, 0.1) is 11.6 Å². The molecule has 0 aliphatic heterocycles. The Bertz CT molecular complexity index is 771. The van der Waals surface area contributed by atoms with Gasteiger partial charge >= 0.3 is 0 Å². The zero-order chi connectivity index (χ0) is 14.1. The number of pyridine rings is 1. The number of aromatic nitrogens is 1. The predicted octanol–water partition coefficient (Wildman–Crippen LogP) is 3.56. The van der Waals surface area contributed by atoms with Crippen molar-refractivity contribution in [2.75, 3.05) is 0 Å². The van der Waals surface area contributed by atoms with Crippen molar-refractivity contribution in [1.82, 2.24) is 4.98 Å². The summed E-state index contributed by atoms with van der Waals surface area (Å²) in [6, 6.07) is 12.6. The number of fused-ring (bicyclic) bond motifs is 1. The molecule has 0 bridgehead atoms. The van der Waals surface area contributed by atoms with Crippen molar-refractivity contribution in [3.63, 3.8) is 0 Å². The van der Waals surface area contributed by atoms with Crippen molar-refractivity contribution in [3.8, 4) is 0 Å². The first kappa shape index (κ1) is 12.7. The van der Waals surface area contributed by atoms with Gasteiger partial charge in [-0.2, -0.15) is 0 Å². The number of nitrogens with two attached hydrogens (primary N) is 1. The molecule has 2 aromatic carbocycles. The molecular weight excluding hydrogens is 258 g/mol. The third kappa shape index (κ3) is 2.26. The van der Waals surface area contributed by atoms with E-state index in [1.807, 2.05) is 30.3 Å². The molecule has 0 aliphatic carbocycles. The Morgan fingerprint density at radius 3 is 2.45 bits per heavy atom. The quantitative estimate of drug-likeness (QED) is 0.773. The molecule has 1 unspecified atom stereocenters. The van der Waals surface area contributed by atoms with Gasteiger partial charge in [0.1, 0.15) is 0 Å². The van der Waals surface area contributed by atoms with Gasteiger partial charge in [0, 0.05) is 11.6 Å². The minimum atomic E-state index is -0.889. The van der Waals surface area contributed by atoms with E-state index in [0.29, 0.717) is 5.56 Å². The highest BCUT2D eigenvalue weighted by Crippen LogP contribution is 2.24. The SMILES string of the molecule is NC(c1ccc(F)c(F)c1)c1ccc2ncccc2c1. The Balaban J connectivity index is 2.02. The van der Waals surface area contributed by atoms with E-state index in [2.05, 4.69) is 4.98 Å². The molecule has 1 heterocycles. The number of nitrogens with zero attached hydrogens (tertiary/aromatic N) is 1. The Hall–Kier alpha value is -2.33. The van der Waals surface area contributed by atoms with Crippen molar-refractivity contribution < 1.29 is 8.78 Å². The summed E-state index contributed by atoms with van der Waals surface area (Å²) in [5.74, 6) is -1.76. The fourth-order valence-electron chi connectivity index (χ4n) is 2.19. The van der Waals surface area contributed by atoms with E-state index in [4.69, 9.17) is 5.73 Å². The lowest BCUT2D eigenvalue weighted by atomic mass is 9.98. The second-order valence-corrected chi connectivity index (χ2v) is 4.61. The zero-order valence-electron chi connectivity index (χ0n) is 10.6. The van der Waals surface area contributed by atoms with Gasteiger partial charge < -0.3 is 5.73 Å². The number of rotatable bonds is 2. The average Bonchev–Trinajstić information content (AvgIpc) is 2.49. The normalized spacial score (nSPS) is 12.6. The van der Waals surface area contributed by atoms with Crippen molar-refractivity contribution in [2.24, 2.45) is 5.73 Å². The highest BCUT2D eigenvalue weighted by atomic mass is 19.2. The van der Waals surface area contributed by atoms with Crippen LogP contribution in [0.3, 0.4) is 0 Å². The molecular formula is C16H12F2N2. The van der Waals surface area contributed by atoms with Crippen LogP contribution in [-0.4, -0.2) is 4.98 Å². The Kier molecular flexibility index (Phi) is 3.16. The van der Waals surface area contributed by atoms with Gasteiger partial charge in [-0.25, -0.2) is 8.78 Å². The largest absolute Gasteiger partial charge is 0.320 e. The molecule has 0 aliphatic rings. The van der Waals surface area contributed by atoms with Crippen LogP contribution in [-0.2, 0) is 0 Å². The lowest BCUT2D eigenvalue weighted by Crippen LogP contribution is -2.12. The lowest BCUT2D eigenvalue weighted by Gasteiger charge is -2.13. The third-order valence-electron chi connectivity index (χ3n) is 3.29. The van der Waals surface area contributed by atoms with Crippen LogP contribution in [0.5, 0.6) is 0 Å². The Labute approximate surface area is 114 Å². The van der Waals surface area contributed by atoms with Crippen LogP contribution in [0.4, 0.5) is 8.78 Å². The fraction of sp³-hybridized carbons (Fsp3) is 0.0625. The molecule has 20 heavy (non-hydrogen) atoms. The second-order valence-electron chi connectivity index (χ2n) is 4.61. The molecule has 4 heteroatoms. The molecule has 3 aromatic rings. The van der Waals surface area contributed by atoms with Gasteiger partial charge in [0.2, 0.25) is 0 Å². The maximum absolute atomic E-state index is 13.3. The van der Waals surface area contributed by atoms with E-state index in [9.17, 15) is 8.78 Å². The van der Waals surface area contributed by atoms with E-state index < -0.39 is 17.7 Å². The van der Waals surface area contributed by atoms with E-state index in [1.165, 1.54) is 6.07 Å². The minimum absolute atomic E-state index is 0.505. The number of halogens is 2. The summed E-state index contributed by atoms with van der Waals surface area (Å²) < 4.78 is 26.2. The summed E-state index contributed by atoms with van der Waals surface area (Å²) in [7, 11) is 0. The van der Waals surface area contributed by atoms with Crippen molar-refractivity contribution in [2.45, 2.75) is 6.04 Å². The van der Waals surface area contributed by atoms with Crippen molar-refractivity contribution >= 4 is 10.9 Å². The molecule has 0 saturated carbocycles. The Morgan fingerprint density at radius 2 is 1.65 bits per heavy atom. The first-order chi connectivity index (χ1) is 9.65. The van der Waals surface area contributed by atoms with E-state index in [-0.39, 0.29) is 0 Å². The van der Waals surface area contributed by atoms with Crippen molar-refractivity contribution in [1.29, 1.82) is 0 Å². The summed E-state index contributed by atoms with van der Waals surface area (Å²) in [5, 5.41) is 0.961. The van der Waals surface area contributed by atoms with Gasteiger partial charge in [0.25, 0.3) is 0 Å². The molecule has 100 valence electrons. The first-order valence-corrected chi connectivity index (χ1v) is 6.20. The van der Waals surface area contributed by atoms with Crippen molar-refractivity contribution in [3.05, 3.63) is 77.5 Å². The molecule has 0 spiro atoms. The Morgan fingerprint density at radius 1 is 0.900 bits per heavy atom. The fourth-order valence-corrected chi connectivity index (χ4v) is 2.19. The summed E-state index contributed by atoms with van der Waals surface area (Å²) in [5.41, 5.74) is 8.35. The summed E-state index contributed by atoms with van der Waals surface area (Å²) in [6.45, 7) is 0. The number of hydrogen-bond acceptors (Lipinski definition) is 2. The lowest BCUT2D eigenvalue weighted by molar-refractivity contribution is 0.506. The molecule has 0 radical (unpaired) electrons. The monoisotopic (exact) mass is 270 g/mol. The number of hydrogen-bond donors (Lipinski definition) is 1. The molecule has 0 amide bonds. The third-order valence-corrected chi connectivity index (χ3v) is 3.29. The van der Waals surface area contributed by atoms with Gasteiger partial charge in [-0.05, 0) is 41.5 Å². The van der Waals surface area contributed by atoms with Crippen LogP contribution < -0.4 is 5.73 Å². The van der Waals surface area contributed by atoms with Crippen LogP contribution in [0.2, 0.25) is 0 Å². The number of benzene rings is 2. The van der Waals surface area contributed by atoms with Gasteiger partial charge in [-0.15, -0.1) is 0 Å². The molecule has 3 rings (SSSR count). The first-order valence-electron chi connectivity index (χ1n) is 6.20. The second kappa shape index (κ2) is 4.98. The molecule has 0 fully saturated rings. The molecule has 1 atom stereocenters. The van der Waals surface area contributed by atoms with E-state index >= 15 is 0 Å². The average molecular weight is 270 g/mol. The topological polar surface area (TPSA) is 38.9 Å².